The SMILES string of the molecule is COCCOCCOCCOCCN1C(=CC=CC=CC=CC2=[N+](CCCCCC(=O)O)c3ccc4c(S(=O)(=O)O)cc(S(=O)(=O)O)cc4c3C2(C)CCOCCOCCOCCOC)C(C)(CCCS(=O)(=O)O)c2c1cc(S(=O)(=O)O)c1ccc(S(=O)(=O)O)cc21. The molecule has 0 saturated heterocycles. The fraction of sp³-hybridized carbons (Fsp3) is 0.500. The number of ether oxygens (including phenoxy) is 8. The molecule has 2 heterocycles. The van der Waals surface area contributed by atoms with Gasteiger partial charge in [0.1, 0.15) is 16.3 Å². The summed E-state index contributed by atoms with van der Waals surface area (Å²) in [6.45, 7) is 7.33. The Labute approximate surface area is 537 Å². The summed E-state index contributed by atoms with van der Waals surface area (Å²) in [4.78, 5) is 10.4. The number of nitrogens with zero attached hydrogens (tertiary/aromatic N) is 2. The number of carboxylic acids is 1. The molecule has 0 bridgehead atoms. The maximum Gasteiger partial charge on any atom is 0.303 e. The van der Waals surface area contributed by atoms with E-state index in [1.807, 2.05) is 11.5 Å². The van der Waals surface area contributed by atoms with E-state index in [0.29, 0.717) is 99.7 Å². The number of unbranched alkanes of at least 4 members (excludes halogenated alkanes) is 2. The Hall–Kier alpha value is -5.47. The molecule has 0 aliphatic carbocycles. The van der Waals surface area contributed by atoms with Gasteiger partial charge in [0, 0.05) is 85.5 Å². The second-order valence-corrected chi connectivity index (χ2v) is 29.1. The molecule has 92 heavy (non-hydrogen) atoms. The van der Waals surface area contributed by atoms with E-state index >= 15 is 0 Å². The van der Waals surface area contributed by atoms with Crippen molar-refractivity contribution >= 4 is 95.2 Å². The molecule has 27 nitrogen and oxygen atoms in total. The number of carboxylic acid groups (broad SMARTS) is 1. The van der Waals surface area contributed by atoms with E-state index in [1.165, 1.54) is 12.1 Å². The molecule has 2 unspecified atom stereocenters. The predicted molar refractivity (Wildman–Crippen MR) is 340 cm³/mol. The van der Waals surface area contributed by atoms with Crippen LogP contribution in [-0.4, -0.2) is 212 Å². The Kier molecular flexibility index (Phi) is 27.7. The zero-order chi connectivity index (χ0) is 67.5. The van der Waals surface area contributed by atoms with E-state index in [9.17, 15) is 74.8 Å². The number of carbonyl (C=O) groups is 1. The van der Waals surface area contributed by atoms with E-state index in [1.54, 1.807) is 74.6 Å². The van der Waals surface area contributed by atoms with Crippen LogP contribution >= 0.6 is 0 Å². The summed E-state index contributed by atoms with van der Waals surface area (Å²) in [6, 6.07) is 9.24. The van der Waals surface area contributed by atoms with Gasteiger partial charge >= 0.3 is 5.97 Å². The van der Waals surface area contributed by atoms with E-state index in [0.717, 1.165) is 24.3 Å². The summed E-state index contributed by atoms with van der Waals surface area (Å²) in [5.74, 6) is -1.66. The van der Waals surface area contributed by atoms with Gasteiger partial charge in [-0.05, 0) is 105 Å². The molecular weight excluding hydrogens is 1310 g/mol. The first-order chi connectivity index (χ1) is 43.4. The van der Waals surface area contributed by atoms with Crippen LogP contribution in [0.25, 0.3) is 21.5 Å². The van der Waals surface area contributed by atoms with Gasteiger partial charge in [-0.25, -0.2) is 0 Å². The molecule has 0 amide bonds. The lowest BCUT2D eigenvalue weighted by atomic mass is 9.75. The van der Waals surface area contributed by atoms with Crippen molar-refractivity contribution in [2.75, 3.05) is 130 Å². The summed E-state index contributed by atoms with van der Waals surface area (Å²) in [5.41, 5.74) is -0.0303. The zero-order valence-electron chi connectivity index (χ0n) is 51.5. The molecule has 0 fully saturated rings. The molecule has 32 heteroatoms. The Morgan fingerprint density at radius 1 is 0.511 bits per heavy atom. The number of aliphatic carboxylic acids is 1. The monoisotopic (exact) mass is 1390 g/mol. The summed E-state index contributed by atoms with van der Waals surface area (Å²) >= 11 is 0. The molecule has 4 aromatic carbocycles. The highest BCUT2D eigenvalue weighted by atomic mass is 32.2. The first-order valence-corrected chi connectivity index (χ1v) is 36.6. The second kappa shape index (κ2) is 33.8. The highest BCUT2D eigenvalue weighted by Gasteiger charge is 2.50. The Morgan fingerprint density at radius 2 is 1.01 bits per heavy atom. The molecular formula is C60H81N2O25S5+. The van der Waals surface area contributed by atoms with E-state index in [-0.39, 0.29) is 112 Å². The molecule has 510 valence electrons. The number of hydrogen-bond acceptors (Lipinski definition) is 20. The Bertz CT molecular complexity index is 4000. The van der Waals surface area contributed by atoms with Crippen molar-refractivity contribution in [2.45, 2.75) is 89.2 Å². The average Bonchev–Trinajstić information content (AvgIpc) is 1.52. The molecule has 2 aliphatic heterocycles. The number of fused-ring (bicyclic) bond motifs is 6. The highest BCUT2D eigenvalue weighted by molar-refractivity contribution is 7.87. The Morgan fingerprint density at radius 3 is 1.55 bits per heavy atom. The minimum Gasteiger partial charge on any atom is -0.481 e. The van der Waals surface area contributed by atoms with Crippen LogP contribution in [0.2, 0.25) is 0 Å². The second-order valence-electron chi connectivity index (χ2n) is 21.9. The summed E-state index contributed by atoms with van der Waals surface area (Å²) in [6.07, 6.45) is 13.0. The van der Waals surface area contributed by atoms with Crippen molar-refractivity contribution in [3.05, 3.63) is 108 Å². The Balaban J connectivity index is 1.44. The maximum absolute atomic E-state index is 13.2. The lowest BCUT2D eigenvalue weighted by Gasteiger charge is -2.31. The molecule has 6 rings (SSSR count). The third-order valence-corrected chi connectivity index (χ3v) is 19.8. The third kappa shape index (κ3) is 20.5. The van der Waals surface area contributed by atoms with Crippen LogP contribution in [0.3, 0.4) is 0 Å². The molecule has 2 aliphatic rings. The standard InChI is InChI=1S/C60H80N2O25S5/c1-59(21-13-39-88(65,66)67)54(62(24-26-83-32-34-87-38-36-85-30-28-81-4)51-43-53(92(77,78)79)46-18-17-44(89(68,69)70)40-48(46)58(51)59)14-9-6-5-7-10-15-55-60(2,22-25-82-31-33-86-37-35-84-29-27-80-3)57-49-41-45(90(71,72)73)42-52(91(74,75)76)47(49)19-20-50(57)61(55)23-12-8-11-16-56(63)64/h5-7,9-10,14-15,17-20,40-43H,8,11-13,16,21-39H2,1-4H3,(H5-,63,64,65,66,67,68,69,70,71,72,73,74,75,76,77,78,79)/p+1. The van der Waals surface area contributed by atoms with Crippen molar-refractivity contribution in [3.63, 3.8) is 0 Å². The average molecular weight is 1390 g/mol. The maximum atomic E-state index is 13.2. The van der Waals surface area contributed by atoms with Crippen molar-refractivity contribution in [1.29, 1.82) is 0 Å². The van der Waals surface area contributed by atoms with E-state index in [4.69, 9.17) is 37.9 Å². The molecule has 4 aromatic rings. The summed E-state index contributed by atoms with van der Waals surface area (Å²) in [5, 5.41) is 9.30. The smallest absolute Gasteiger partial charge is 0.303 e. The van der Waals surface area contributed by atoms with Crippen LogP contribution in [0.5, 0.6) is 0 Å². The van der Waals surface area contributed by atoms with Gasteiger partial charge in [0.25, 0.3) is 50.6 Å². The first kappa shape index (κ1) is 75.6. The van der Waals surface area contributed by atoms with E-state index in [2.05, 4.69) is 0 Å². The fourth-order valence-electron chi connectivity index (χ4n) is 11.3. The summed E-state index contributed by atoms with van der Waals surface area (Å²) < 4.78 is 225. The third-order valence-electron chi connectivity index (χ3n) is 15.5. The minimum absolute atomic E-state index is 0.00299. The van der Waals surface area contributed by atoms with Gasteiger partial charge in [0.2, 0.25) is 5.69 Å². The molecule has 0 radical (unpaired) electrons. The topological polar surface area (TPSA) is 389 Å². The van der Waals surface area contributed by atoms with Crippen molar-refractivity contribution < 1.29 is 117 Å². The van der Waals surface area contributed by atoms with Crippen molar-refractivity contribution in [3.8, 4) is 0 Å². The van der Waals surface area contributed by atoms with Gasteiger partial charge in [0.05, 0.1) is 107 Å². The molecule has 0 spiro atoms. The predicted octanol–water partition coefficient (Wildman–Crippen LogP) is 6.76. The number of anilines is 1. The number of hydrogen-bond donors (Lipinski definition) is 6. The van der Waals surface area contributed by atoms with Crippen LogP contribution < -0.4 is 4.90 Å². The van der Waals surface area contributed by atoms with Crippen LogP contribution in [0.4, 0.5) is 11.4 Å². The van der Waals surface area contributed by atoms with Crippen LogP contribution in [-0.2, 0) is 104 Å². The normalized spacial score (nSPS) is 17.9. The fourth-order valence-corrected chi connectivity index (χ4v) is 14.4. The van der Waals surface area contributed by atoms with Crippen LogP contribution in [0.1, 0.15) is 69.9 Å². The largest absolute Gasteiger partial charge is 0.481 e. The van der Waals surface area contributed by atoms with Gasteiger partial charge in [-0.2, -0.15) is 46.7 Å². The minimum atomic E-state index is -5.10. The van der Waals surface area contributed by atoms with Crippen LogP contribution in [0, 0.1) is 0 Å². The van der Waals surface area contributed by atoms with Crippen LogP contribution in [0.15, 0.2) is 116 Å². The molecule has 2 atom stereocenters. The number of methoxy groups -OCH3 is 2. The van der Waals surface area contributed by atoms with Crippen molar-refractivity contribution in [1.82, 2.24) is 0 Å². The highest BCUT2D eigenvalue weighted by Crippen LogP contribution is 2.55. The van der Waals surface area contributed by atoms with Crippen molar-refractivity contribution in [2.24, 2.45) is 0 Å². The number of benzene rings is 4. The molecule has 0 saturated carbocycles. The van der Waals surface area contributed by atoms with Gasteiger partial charge in [-0.1, -0.05) is 36.4 Å². The van der Waals surface area contributed by atoms with Gasteiger partial charge in [-0.15, -0.1) is 0 Å². The van der Waals surface area contributed by atoms with Gasteiger partial charge < -0.3 is 47.9 Å². The quantitative estimate of drug-likeness (QED) is 0.0115. The number of rotatable bonds is 42. The molecule has 0 aromatic heterocycles. The van der Waals surface area contributed by atoms with E-state index < -0.39 is 92.7 Å². The number of allylic oxidation sites excluding steroid dienone is 8. The lowest BCUT2D eigenvalue weighted by molar-refractivity contribution is -0.438. The van der Waals surface area contributed by atoms with Gasteiger partial charge in [-0.3, -0.25) is 27.6 Å². The first-order valence-electron chi connectivity index (χ1n) is 29.3. The molecule has 6 N–H and O–H groups in total. The van der Waals surface area contributed by atoms with Gasteiger partial charge in [0.15, 0.2) is 5.71 Å². The lowest BCUT2D eigenvalue weighted by Crippen LogP contribution is -2.33. The summed E-state index contributed by atoms with van der Waals surface area (Å²) in [7, 11) is -21.5. The zero-order valence-corrected chi connectivity index (χ0v) is 55.6.